The molecule has 0 heterocycles. The molecule has 0 aliphatic heterocycles. The van der Waals surface area contributed by atoms with Gasteiger partial charge in [0.2, 0.25) is 0 Å². The molecule has 4 fully saturated rings. The van der Waals surface area contributed by atoms with Crippen molar-refractivity contribution in [3.05, 3.63) is 41.6 Å². The number of benzene rings is 1. The Morgan fingerprint density at radius 2 is 1.63 bits per heavy atom. The molecule has 6 nitrogen and oxygen atoms in total. The number of rotatable bonds is 5. The fourth-order valence-electron chi connectivity index (χ4n) is 5.56. The first-order valence-corrected chi connectivity index (χ1v) is 9.49. The van der Waals surface area contributed by atoms with Gasteiger partial charge in [0, 0.05) is 17.4 Å². The van der Waals surface area contributed by atoms with Crippen LogP contribution in [0.2, 0.25) is 0 Å². The van der Waals surface area contributed by atoms with Crippen molar-refractivity contribution < 1.29 is 14.7 Å². The number of anilines is 1. The number of nitriles is 1. The molecule has 4 saturated carbocycles. The number of carbonyl (C=O) groups is 2. The van der Waals surface area contributed by atoms with Gasteiger partial charge in [-0.25, -0.2) is 4.79 Å². The second kappa shape index (κ2) is 6.73. The van der Waals surface area contributed by atoms with Crippen molar-refractivity contribution in [3.63, 3.8) is 0 Å². The van der Waals surface area contributed by atoms with Crippen molar-refractivity contribution in [3.8, 4) is 6.07 Å². The maximum atomic E-state index is 12.4. The minimum atomic E-state index is -1.02. The Kier molecular flexibility index (Phi) is 4.39. The highest BCUT2D eigenvalue weighted by molar-refractivity contribution is 6.06. The SMILES string of the molecule is N#C/C(=C/NC12CC3CC(CC(C3)C1)C2)C(=O)Nc1ccc(C(=O)O)cc1. The average Bonchev–Trinajstić information content (AvgIpc) is 2.61. The predicted molar refractivity (Wildman–Crippen MR) is 99.8 cm³/mol. The molecule has 0 atom stereocenters. The summed E-state index contributed by atoms with van der Waals surface area (Å²) >= 11 is 0. The maximum Gasteiger partial charge on any atom is 0.335 e. The van der Waals surface area contributed by atoms with Crippen molar-refractivity contribution in [1.29, 1.82) is 5.26 Å². The van der Waals surface area contributed by atoms with Gasteiger partial charge in [0.1, 0.15) is 11.6 Å². The van der Waals surface area contributed by atoms with Gasteiger partial charge in [-0.2, -0.15) is 5.26 Å². The van der Waals surface area contributed by atoms with Crippen LogP contribution in [0.1, 0.15) is 48.9 Å². The second-order valence-electron chi connectivity index (χ2n) is 8.35. The lowest BCUT2D eigenvalue weighted by Gasteiger charge is -2.56. The highest BCUT2D eigenvalue weighted by Gasteiger charge is 2.50. The summed E-state index contributed by atoms with van der Waals surface area (Å²) in [7, 11) is 0. The van der Waals surface area contributed by atoms with Crippen LogP contribution in [0.3, 0.4) is 0 Å². The standard InChI is InChI=1S/C21H23N3O3/c22-11-17(19(25)24-18-3-1-16(2-4-18)20(26)27)12-23-21-8-13-5-14(9-21)7-15(6-13)10-21/h1-4,12-15,23H,5-10H2,(H,24,25)(H,26,27)/b17-12-. The molecule has 5 rings (SSSR count). The van der Waals surface area contributed by atoms with E-state index in [1.807, 2.05) is 6.07 Å². The molecule has 0 radical (unpaired) electrons. The smallest absolute Gasteiger partial charge is 0.335 e. The van der Waals surface area contributed by atoms with Gasteiger partial charge in [0.25, 0.3) is 5.91 Å². The summed E-state index contributed by atoms with van der Waals surface area (Å²) in [5, 5.41) is 24.4. The van der Waals surface area contributed by atoms with Crippen LogP contribution >= 0.6 is 0 Å². The Balaban J connectivity index is 1.43. The Bertz CT molecular complexity index is 800. The van der Waals surface area contributed by atoms with E-state index in [4.69, 9.17) is 5.11 Å². The van der Waals surface area contributed by atoms with Crippen LogP contribution < -0.4 is 10.6 Å². The summed E-state index contributed by atoms with van der Waals surface area (Å²) in [6, 6.07) is 7.85. The number of hydrogen-bond donors (Lipinski definition) is 3. The Hall–Kier alpha value is -2.81. The molecule has 0 spiro atoms. The predicted octanol–water partition coefficient (Wildman–Crippen LogP) is 3.29. The van der Waals surface area contributed by atoms with Crippen LogP contribution in [0.25, 0.3) is 0 Å². The highest BCUT2D eigenvalue weighted by atomic mass is 16.4. The average molecular weight is 365 g/mol. The lowest BCUT2D eigenvalue weighted by Crippen LogP contribution is -2.57. The maximum absolute atomic E-state index is 12.4. The first-order chi connectivity index (χ1) is 13.0. The Morgan fingerprint density at radius 3 is 2.11 bits per heavy atom. The van der Waals surface area contributed by atoms with E-state index in [-0.39, 0.29) is 16.7 Å². The van der Waals surface area contributed by atoms with Gasteiger partial charge in [-0.1, -0.05) is 0 Å². The number of carbonyl (C=O) groups excluding carboxylic acids is 1. The summed E-state index contributed by atoms with van der Waals surface area (Å²) in [5.41, 5.74) is 0.682. The van der Waals surface area contributed by atoms with Gasteiger partial charge < -0.3 is 15.7 Å². The summed E-state index contributed by atoms with van der Waals surface area (Å²) in [5.74, 6) is 0.834. The van der Waals surface area contributed by atoms with Gasteiger partial charge in [-0.15, -0.1) is 0 Å². The fraction of sp³-hybridized carbons (Fsp3) is 0.476. The minimum absolute atomic E-state index is 0.0352. The van der Waals surface area contributed by atoms with Crippen LogP contribution in [-0.2, 0) is 4.79 Å². The summed E-state index contributed by atoms with van der Waals surface area (Å²) in [4.78, 5) is 23.3. The Morgan fingerprint density at radius 1 is 1.07 bits per heavy atom. The third-order valence-corrected chi connectivity index (χ3v) is 6.32. The summed E-state index contributed by atoms with van der Waals surface area (Å²) < 4.78 is 0. The van der Waals surface area contributed by atoms with E-state index in [1.165, 1.54) is 43.5 Å². The van der Waals surface area contributed by atoms with Crippen molar-refractivity contribution in [2.45, 2.75) is 44.1 Å². The van der Waals surface area contributed by atoms with Gasteiger partial charge in [0.15, 0.2) is 0 Å². The van der Waals surface area contributed by atoms with Gasteiger partial charge in [0.05, 0.1) is 5.56 Å². The molecule has 6 heteroatoms. The van der Waals surface area contributed by atoms with E-state index in [9.17, 15) is 14.9 Å². The molecule has 4 aliphatic rings. The number of carboxylic acids is 1. The largest absolute Gasteiger partial charge is 0.478 e. The van der Waals surface area contributed by atoms with Crippen LogP contribution in [0.15, 0.2) is 36.0 Å². The van der Waals surface area contributed by atoms with Crippen molar-refractivity contribution in [2.75, 3.05) is 5.32 Å². The highest BCUT2D eigenvalue weighted by Crippen LogP contribution is 2.55. The molecule has 3 N–H and O–H groups in total. The van der Waals surface area contributed by atoms with E-state index in [0.29, 0.717) is 5.69 Å². The first-order valence-electron chi connectivity index (χ1n) is 9.49. The zero-order chi connectivity index (χ0) is 19.0. The third-order valence-electron chi connectivity index (χ3n) is 6.32. The molecule has 0 saturated heterocycles. The molecule has 1 amide bonds. The van der Waals surface area contributed by atoms with E-state index < -0.39 is 11.9 Å². The number of carboxylic acid groups (broad SMARTS) is 1. The number of aromatic carboxylic acids is 1. The molecule has 0 unspecified atom stereocenters. The first kappa shape index (κ1) is 17.6. The van der Waals surface area contributed by atoms with E-state index >= 15 is 0 Å². The lowest BCUT2D eigenvalue weighted by atomic mass is 9.53. The summed E-state index contributed by atoms with van der Waals surface area (Å²) in [6.45, 7) is 0. The monoisotopic (exact) mass is 365 g/mol. The molecule has 1 aromatic carbocycles. The molecular weight excluding hydrogens is 342 g/mol. The van der Waals surface area contributed by atoms with Gasteiger partial charge in [-0.05, 0) is 80.5 Å². The number of amides is 1. The number of hydrogen-bond acceptors (Lipinski definition) is 4. The normalized spacial score (nSPS) is 31.2. The van der Waals surface area contributed by atoms with Crippen LogP contribution in [0.4, 0.5) is 5.69 Å². The second-order valence-corrected chi connectivity index (χ2v) is 8.35. The topological polar surface area (TPSA) is 102 Å². The number of nitrogens with one attached hydrogen (secondary N) is 2. The zero-order valence-corrected chi connectivity index (χ0v) is 15.1. The van der Waals surface area contributed by atoms with Crippen molar-refractivity contribution in [2.24, 2.45) is 17.8 Å². The van der Waals surface area contributed by atoms with Crippen LogP contribution in [0.5, 0.6) is 0 Å². The fourth-order valence-corrected chi connectivity index (χ4v) is 5.56. The van der Waals surface area contributed by atoms with Crippen molar-refractivity contribution >= 4 is 17.6 Å². The van der Waals surface area contributed by atoms with Crippen LogP contribution in [0, 0.1) is 29.1 Å². The summed E-state index contributed by atoms with van der Waals surface area (Å²) in [6.07, 6.45) is 8.98. The molecule has 140 valence electrons. The van der Waals surface area contributed by atoms with Gasteiger partial charge >= 0.3 is 5.97 Å². The van der Waals surface area contributed by atoms with E-state index in [0.717, 1.165) is 37.0 Å². The molecule has 4 bridgehead atoms. The Labute approximate surface area is 158 Å². The molecule has 27 heavy (non-hydrogen) atoms. The third kappa shape index (κ3) is 3.55. The minimum Gasteiger partial charge on any atom is -0.478 e. The lowest BCUT2D eigenvalue weighted by molar-refractivity contribution is -0.112. The van der Waals surface area contributed by atoms with E-state index in [1.54, 1.807) is 6.20 Å². The molecule has 4 aliphatic carbocycles. The van der Waals surface area contributed by atoms with Gasteiger partial charge in [-0.3, -0.25) is 4.79 Å². The molecular formula is C21H23N3O3. The zero-order valence-electron chi connectivity index (χ0n) is 15.1. The molecule has 1 aromatic rings. The van der Waals surface area contributed by atoms with Crippen LogP contribution in [-0.4, -0.2) is 22.5 Å². The quantitative estimate of drug-likeness (QED) is 0.549. The molecule has 0 aromatic heterocycles. The van der Waals surface area contributed by atoms with E-state index in [2.05, 4.69) is 10.6 Å². The van der Waals surface area contributed by atoms with Crippen molar-refractivity contribution in [1.82, 2.24) is 5.32 Å². The number of nitrogens with zero attached hydrogens (tertiary/aromatic N) is 1.